The maximum Gasteiger partial charge on any atom is 0.418 e. The van der Waals surface area contributed by atoms with Crippen LogP contribution in [0.3, 0.4) is 0 Å². The van der Waals surface area contributed by atoms with Crippen molar-refractivity contribution in [3.8, 4) is 30.3 Å². The zero-order valence-corrected chi connectivity index (χ0v) is 17.2. The van der Waals surface area contributed by atoms with Gasteiger partial charge in [-0.15, -0.1) is 0 Å². The zero-order chi connectivity index (χ0) is 28.5. The van der Waals surface area contributed by atoms with Crippen LogP contribution in [-0.2, 0) is 18.5 Å². The quantitative estimate of drug-likeness (QED) is 0.505. The molecule has 0 spiro atoms. The van der Waals surface area contributed by atoms with E-state index in [1.165, 1.54) is 0 Å². The molecule has 0 saturated carbocycles. The molecule has 0 saturated heterocycles. The SMILES string of the molecule is N#CC(C#N)=c1c(F)c/c(=C(/C#N)c2cc(C(F)(F)F)c(C#N)c(C(F)(F)F)c2)c(C#N)c1C(F)(F)F. The van der Waals surface area contributed by atoms with Crippen LogP contribution in [0.4, 0.5) is 43.9 Å². The lowest BCUT2D eigenvalue weighted by Crippen LogP contribution is -2.32. The average molecular weight is 527 g/mol. The molecule has 0 aliphatic carbocycles. The number of alkyl halides is 9. The van der Waals surface area contributed by atoms with E-state index < -0.39 is 79.3 Å². The van der Waals surface area contributed by atoms with Crippen molar-refractivity contribution in [3.05, 3.63) is 67.8 Å². The van der Waals surface area contributed by atoms with Crippen LogP contribution in [0.15, 0.2) is 18.2 Å². The number of hydrogen-bond acceptors (Lipinski definition) is 5. The summed E-state index contributed by atoms with van der Waals surface area (Å²) in [5.41, 5.74) is -14.4. The van der Waals surface area contributed by atoms with Gasteiger partial charge in [0.15, 0.2) is 0 Å². The smallest absolute Gasteiger partial charge is 0.206 e. The van der Waals surface area contributed by atoms with Crippen LogP contribution in [0.2, 0.25) is 0 Å². The molecule has 2 rings (SSSR count). The number of nitrogens with zero attached hydrogens (tertiary/aromatic N) is 5. The largest absolute Gasteiger partial charge is 0.418 e. The Bertz CT molecular complexity index is 1590. The molecule has 2 aromatic carbocycles. The van der Waals surface area contributed by atoms with Gasteiger partial charge in [-0.2, -0.15) is 65.8 Å². The molecule has 0 amide bonds. The summed E-state index contributed by atoms with van der Waals surface area (Å²) in [6.45, 7) is 0. The van der Waals surface area contributed by atoms with Crippen molar-refractivity contribution >= 4 is 11.1 Å². The first kappa shape index (κ1) is 28.2. The normalized spacial score (nSPS) is 12.4. The van der Waals surface area contributed by atoms with Crippen molar-refractivity contribution in [2.75, 3.05) is 0 Å². The molecule has 0 unspecified atom stereocenters. The topological polar surface area (TPSA) is 119 Å². The van der Waals surface area contributed by atoms with Gasteiger partial charge in [-0.1, -0.05) is 0 Å². The summed E-state index contributed by atoms with van der Waals surface area (Å²) in [7, 11) is 0. The van der Waals surface area contributed by atoms with Crippen molar-refractivity contribution in [2.45, 2.75) is 18.5 Å². The highest BCUT2D eigenvalue weighted by Gasteiger charge is 2.42. The first-order chi connectivity index (χ1) is 17.0. The third-order valence-corrected chi connectivity index (χ3v) is 4.68. The van der Waals surface area contributed by atoms with Crippen LogP contribution >= 0.6 is 0 Å². The van der Waals surface area contributed by atoms with Crippen molar-refractivity contribution in [1.29, 1.82) is 26.3 Å². The molecule has 2 aromatic rings. The first-order valence-electron chi connectivity index (χ1n) is 8.99. The van der Waals surface area contributed by atoms with Gasteiger partial charge in [0.2, 0.25) is 0 Å². The molecule has 0 heterocycles. The molecule has 0 aliphatic heterocycles. The minimum atomic E-state index is -5.68. The van der Waals surface area contributed by atoms with Gasteiger partial charge in [0, 0.05) is 5.22 Å². The summed E-state index contributed by atoms with van der Waals surface area (Å²) in [5, 5.41) is 42.5. The van der Waals surface area contributed by atoms with Gasteiger partial charge in [0.1, 0.15) is 41.7 Å². The highest BCUT2D eigenvalue weighted by Crippen LogP contribution is 2.41. The summed E-state index contributed by atoms with van der Waals surface area (Å²) in [4.78, 5) is 0. The van der Waals surface area contributed by atoms with Crippen LogP contribution in [0.1, 0.15) is 33.4 Å². The summed E-state index contributed by atoms with van der Waals surface area (Å²) in [6, 6.07) is 4.42. The number of rotatable bonds is 1. The fourth-order valence-corrected chi connectivity index (χ4v) is 3.26. The maximum absolute atomic E-state index is 14.8. The molecule has 0 atom stereocenters. The molecule has 5 nitrogen and oxygen atoms in total. The Morgan fingerprint density at radius 2 is 1.08 bits per heavy atom. The molecule has 0 aliphatic rings. The second-order valence-corrected chi connectivity index (χ2v) is 6.78. The molecular weight excluding hydrogens is 524 g/mol. The van der Waals surface area contributed by atoms with Gasteiger partial charge >= 0.3 is 18.5 Å². The second kappa shape index (κ2) is 9.53. The van der Waals surface area contributed by atoms with Crippen LogP contribution < -0.4 is 10.4 Å². The van der Waals surface area contributed by atoms with E-state index in [0.717, 1.165) is 30.3 Å². The Balaban J connectivity index is 3.41. The molecule has 0 N–H and O–H groups in total. The predicted molar refractivity (Wildman–Crippen MR) is 99.3 cm³/mol. The van der Waals surface area contributed by atoms with E-state index in [-0.39, 0.29) is 18.2 Å². The second-order valence-electron chi connectivity index (χ2n) is 6.78. The van der Waals surface area contributed by atoms with Gasteiger partial charge < -0.3 is 0 Å². The van der Waals surface area contributed by atoms with E-state index in [1.807, 2.05) is 0 Å². The molecular formula is C22H3F10N5. The van der Waals surface area contributed by atoms with Gasteiger partial charge in [-0.3, -0.25) is 0 Å². The van der Waals surface area contributed by atoms with E-state index in [9.17, 15) is 54.4 Å². The summed E-state index contributed by atoms with van der Waals surface area (Å²) in [6.07, 6.45) is -16.9. The van der Waals surface area contributed by atoms with Gasteiger partial charge in [-0.25, -0.2) is 4.39 Å². The molecule has 15 heteroatoms. The van der Waals surface area contributed by atoms with Crippen molar-refractivity contribution in [3.63, 3.8) is 0 Å². The monoisotopic (exact) mass is 527 g/mol. The number of halogens is 10. The summed E-state index contributed by atoms with van der Waals surface area (Å²) in [5.74, 6) is -2.02. The predicted octanol–water partition coefficient (Wildman–Crippen LogP) is 4.55. The average Bonchev–Trinajstić information content (AvgIpc) is 2.78. The number of benzene rings is 2. The van der Waals surface area contributed by atoms with Crippen molar-refractivity contribution < 1.29 is 43.9 Å². The third kappa shape index (κ3) is 5.15. The van der Waals surface area contributed by atoms with Crippen LogP contribution in [0, 0.1) is 62.5 Å². The Morgan fingerprint density at radius 1 is 0.622 bits per heavy atom. The highest BCUT2D eigenvalue weighted by molar-refractivity contribution is 5.80. The lowest BCUT2D eigenvalue weighted by molar-refractivity contribution is -0.143. The van der Waals surface area contributed by atoms with E-state index >= 15 is 0 Å². The molecule has 0 bridgehead atoms. The molecule has 0 fully saturated rings. The molecule has 0 aromatic heterocycles. The third-order valence-electron chi connectivity index (χ3n) is 4.68. The lowest BCUT2D eigenvalue weighted by Gasteiger charge is -2.17. The number of hydrogen-bond donors (Lipinski definition) is 0. The lowest BCUT2D eigenvalue weighted by atomic mass is 9.91. The Morgan fingerprint density at radius 3 is 1.41 bits per heavy atom. The minimum Gasteiger partial charge on any atom is -0.206 e. The standard InChI is InChI=1S/C22H3F10N5/c23-17-3-11(13(7-36)19(22(30,31)32)18(17)10(4-33)5-34)12(6-35)9-1-15(20(24,25)26)14(8-37)16(2-9)21(27,28)29/h1-3H/b12-11+. The van der Waals surface area contributed by atoms with Gasteiger partial charge in [0.25, 0.3) is 0 Å². The molecule has 37 heavy (non-hydrogen) atoms. The first-order valence-corrected chi connectivity index (χ1v) is 8.99. The Kier molecular flexibility index (Phi) is 7.25. The fraction of sp³-hybridized carbons (Fsp3) is 0.136. The van der Waals surface area contributed by atoms with E-state index in [1.54, 1.807) is 0 Å². The highest BCUT2D eigenvalue weighted by atomic mass is 19.4. The van der Waals surface area contributed by atoms with E-state index in [4.69, 9.17) is 15.8 Å². The van der Waals surface area contributed by atoms with Crippen LogP contribution in [-0.4, -0.2) is 0 Å². The van der Waals surface area contributed by atoms with Crippen molar-refractivity contribution in [1.82, 2.24) is 0 Å². The van der Waals surface area contributed by atoms with E-state index in [2.05, 4.69) is 0 Å². The molecule has 0 radical (unpaired) electrons. The van der Waals surface area contributed by atoms with Gasteiger partial charge in [0.05, 0.1) is 38.6 Å². The van der Waals surface area contributed by atoms with Crippen LogP contribution in [0.5, 0.6) is 0 Å². The van der Waals surface area contributed by atoms with Crippen LogP contribution in [0.25, 0.3) is 11.1 Å². The maximum atomic E-state index is 14.8. The van der Waals surface area contributed by atoms with E-state index in [0.29, 0.717) is 0 Å². The minimum absolute atomic E-state index is 0.00487. The Hall–Kier alpha value is -5.07. The molecule has 186 valence electrons. The Labute approximate surface area is 198 Å². The van der Waals surface area contributed by atoms with Gasteiger partial charge in [-0.05, 0) is 23.8 Å². The number of nitriles is 5. The summed E-state index contributed by atoms with van der Waals surface area (Å²) < 4.78 is 137. The fourth-order valence-electron chi connectivity index (χ4n) is 3.26. The zero-order valence-electron chi connectivity index (χ0n) is 17.2. The van der Waals surface area contributed by atoms with Crippen molar-refractivity contribution in [2.24, 2.45) is 0 Å². The summed E-state index contributed by atoms with van der Waals surface area (Å²) >= 11 is 0.